The minimum absolute atomic E-state index is 0.130. The number of benzene rings is 1. The number of unbranched alkanes of at least 4 members (excludes halogenated alkanes) is 2. The van der Waals surface area contributed by atoms with E-state index in [1.54, 1.807) is 15.3 Å². The molecule has 1 amide bonds. The lowest BCUT2D eigenvalue weighted by molar-refractivity contribution is -0.119. The van der Waals surface area contributed by atoms with Gasteiger partial charge in [-0.3, -0.25) is 4.79 Å². The molecular weight excluding hydrogens is 428 g/mol. The van der Waals surface area contributed by atoms with Crippen LogP contribution in [0.15, 0.2) is 21.5 Å². The first-order chi connectivity index (χ1) is 12.9. The molecule has 0 saturated heterocycles. The number of hydrogen-bond donors (Lipinski definition) is 0. The Kier molecular flexibility index (Phi) is 6.64. The number of carbonyl (C=O) groups is 1. The normalized spacial score (nSPS) is 16.8. The molecule has 1 aromatic carbocycles. The van der Waals surface area contributed by atoms with Crippen molar-refractivity contribution in [3.05, 3.63) is 22.2 Å². The van der Waals surface area contributed by atoms with Crippen LogP contribution in [0.25, 0.3) is 0 Å². The van der Waals surface area contributed by atoms with Crippen molar-refractivity contribution in [3.63, 3.8) is 0 Å². The smallest absolute Gasteiger partial charge is 0.244 e. The second kappa shape index (κ2) is 8.62. The number of hydrogen-bond acceptors (Lipinski definition) is 3. The van der Waals surface area contributed by atoms with Gasteiger partial charge >= 0.3 is 0 Å². The Labute approximate surface area is 171 Å². The first-order valence-corrected chi connectivity index (χ1v) is 12.3. The zero-order valence-electron chi connectivity index (χ0n) is 16.2. The van der Waals surface area contributed by atoms with E-state index in [0.717, 1.165) is 56.2 Å². The molecule has 1 saturated carbocycles. The summed E-state index contributed by atoms with van der Waals surface area (Å²) in [4.78, 5) is 14.7. The van der Waals surface area contributed by atoms with Gasteiger partial charge in [0.25, 0.3) is 0 Å². The van der Waals surface area contributed by atoms with Crippen molar-refractivity contribution in [1.82, 2.24) is 4.31 Å². The highest BCUT2D eigenvalue weighted by molar-refractivity contribution is 9.10. The molecule has 3 rings (SSSR count). The topological polar surface area (TPSA) is 57.7 Å². The zero-order chi connectivity index (χ0) is 19.6. The van der Waals surface area contributed by atoms with Crippen LogP contribution in [-0.4, -0.2) is 38.3 Å². The van der Waals surface area contributed by atoms with Crippen LogP contribution in [0.3, 0.4) is 0 Å². The van der Waals surface area contributed by atoms with Crippen molar-refractivity contribution in [1.29, 1.82) is 0 Å². The summed E-state index contributed by atoms with van der Waals surface area (Å²) in [5, 5.41) is 0. The number of halogens is 1. The fraction of sp³-hybridized carbons (Fsp3) is 0.650. The number of rotatable bonds is 9. The number of sulfonamides is 1. The van der Waals surface area contributed by atoms with E-state index in [0.29, 0.717) is 24.1 Å². The molecule has 2 aliphatic rings. The van der Waals surface area contributed by atoms with Crippen molar-refractivity contribution in [2.75, 3.05) is 24.5 Å². The van der Waals surface area contributed by atoms with E-state index in [1.807, 2.05) is 6.07 Å². The Bertz CT molecular complexity index is 798. The Morgan fingerprint density at radius 1 is 1.19 bits per heavy atom. The molecule has 1 aromatic rings. The van der Waals surface area contributed by atoms with E-state index in [4.69, 9.17) is 0 Å². The first-order valence-electron chi connectivity index (χ1n) is 10.0. The lowest BCUT2D eigenvalue weighted by atomic mass is 10.2. The number of amides is 1. The van der Waals surface area contributed by atoms with Crippen LogP contribution in [0.5, 0.6) is 0 Å². The minimum atomic E-state index is -3.60. The summed E-state index contributed by atoms with van der Waals surface area (Å²) in [5.41, 5.74) is 1.82. The predicted octanol–water partition coefficient (Wildman–Crippen LogP) is 4.34. The van der Waals surface area contributed by atoms with E-state index < -0.39 is 10.0 Å². The van der Waals surface area contributed by atoms with Crippen LogP contribution in [0.2, 0.25) is 0 Å². The fourth-order valence-corrected chi connectivity index (χ4v) is 6.11. The van der Waals surface area contributed by atoms with Gasteiger partial charge in [0.1, 0.15) is 0 Å². The molecule has 0 bridgehead atoms. The standard InChI is InChI=1S/C20H29BrN2O3S/c1-3-5-10-22(11-6-4-2)27(25,26)19-14-18-16(13-17(19)21)9-12-23(18)20(24)15-7-8-15/h13-15H,3-12H2,1-2H3. The summed E-state index contributed by atoms with van der Waals surface area (Å²) in [7, 11) is -3.60. The monoisotopic (exact) mass is 456 g/mol. The molecule has 27 heavy (non-hydrogen) atoms. The van der Waals surface area contributed by atoms with Gasteiger partial charge in [-0.25, -0.2) is 8.42 Å². The molecule has 150 valence electrons. The third kappa shape index (κ3) is 4.40. The molecule has 1 aliphatic carbocycles. The van der Waals surface area contributed by atoms with Crippen LogP contribution in [-0.2, 0) is 21.2 Å². The third-order valence-corrected chi connectivity index (χ3v) is 8.22. The van der Waals surface area contributed by atoms with Gasteiger partial charge in [0.05, 0.1) is 4.90 Å². The highest BCUT2D eigenvalue weighted by Gasteiger charge is 2.38. The fourth-order valence-electron chi connectivity index (χ4n) is 3.53. The summed E-state index contributed by atoms with van der Waals surface area (Å²) < 4.78 is 29.0. The van der Waals surface area contributed by atoms with E-state index in [1.165, 1.54) is 0 Å². The van der Waals surface area contributed by atoms with Gasteiger partial charge in [0.15, 0.2) is 0 Å². The summed E-state index contributed by atoms with van der Waals surface area (Å²) >= 11 is 3.48. The number of anilines is 1. The number of carbonyl (C=O) groups excluding carboxylic acids is 1. The molecule has 0 radical (unpaired) electrons. The molecule has 1 aliphatic heterocycles. The van der Waals surface area contributed by atoms with Crippen molar-refractivity contribution in [2.45, 2.75) is 63.7 Å². The molecule has 1 fully saturated rings. The summed E-state index contributed by atoms with van der Waals surface area (Å²) in [6, 6.07) is 3.60. The van der Waals surface area contributed by atoms with Gasteiger partial charge in [0.2, 0.25) is 15.9 Å². The number of fused-ring (bicyclic) bond motifs is 1. The van der Waals surface area contributed by atoms with Crippen LogP contribution in [0, 0.1) is 5.92 Å². The van der Waals surface area contributed by atoms with Crippen LogP contribution >= 0.6 is 15.9 Å². The molecule has 0 atom stereocenters. The Morgan fingerprint density at radius 3 is 2.37 bits per heavy atom. The average molecular weight is 457 g/mol. The van der Waals surface area contributed by atoms with Crippen molar-refractivity contribution in [3.8, 4) is 0 Å². The van der Waals surface area contributed by atoms with Gasteiger partial charge in [-0.2, -0.15) is 4.31 Å². The van der Waals surface area contributed by atoms with Crippen LogP contribution < -0.4 is 4.90 Å². The van der Waals surface area contributed by atoms with Crippen molar-refractivity contribution < 1.29 is 13.2 Å². The largest absolute Gasteiger partial charge is 0.312 e. The predicted molar refractivity (Wildman–Crippen MR) is 111 cm³/mol. The molecule has 7 heteroatoms. The molecule has 1 heterocycles. The summed E-state index contributed by atoms with van der Waals surface area (Å²) in [5.74, 6) is 0.276. The third-order valence-electron chi connectivity index (χ3n) is 5.36. The van der Waals surface area contributed by atoms with Gasteiger partial charge in [-0.15, -0.1) is 0 Å². The quantitative estimate of drug-likeness (QED) is 0.555. The van der Waals surface area contributed by atoms with Gasteiger partial charge < -0.3 is 4.90 Å². The van der Waals surface area contributed by atoms with Crippen LogP contribution in [0.4, 0.5) is 5.69 Å². The molecule has 0 spiro atoms. The van der Waals surface area contributed by atoms with E-state index in [-0.39, 0.29) is 16.7 Å². The van der Waals surface area contributed by atoms with Gasteiger partial charge in [-0.05, 0) is 65.7 Å². The van der Waals surface area contributed by atoms with Crippen LogP contribution in [0.1, 0.15) is 57.9 Å². The maximum atomic E-state index is 13.4. The second-order valence-electron chi connectivity index (χ2n) is 7.54. The molecular formula is C20H29BrN2O3S. The lowest BCUT2D eigenvalue weighted by Gasteiger charge is -2.24. The Hall–Kier alpha value is -0.920. The maximum absolute atomic E-state index is 13.4. The zero-order valence-corrected chi connectivity index (χ0v) is 18.6. The highest BCUT2D eigenvalue weighted by atomic mass is 79.9. The van der Waals surface area contributed by atoms with Crippen molar-refractivity contribution in [2.24, 2.45) is 5.92 Å². The molecule has 0 unspecified atom stereocenters. The minimum Gasteiger partial charge on any atom is -0.312 e. The SMILES string of the molecule is CCCCN(CCCC)S(=O)(=O)c1cc2c(cc1Br)CCN2C(=O)C1CC1. The summed E-state index contributed by atoms with van der Waals surface area (Å²) in [6.07, 6.45) is 6.28. The number of nitrogens with zero attached hydrogens (tertiary/aromatic N) is 2. The Morgan fingerprint density at radius 2 is 1.81 bits per heavy atom. The molecule has 5 nitrogen and oxygen atoms in total. The van der Waals surface area contributed by atoms with E-state index >= 15 is 0 Å². The molecule has 0 N–H and O–H groups in total. The van der Waals surface area contributed by atoms with Gasteiger partial charge in [-0.1, -0.05) is 26.7 Å². The highest BCUT2D eigenvalue weighted by Crippen LogP contribution is 2.40. The summed E-state index contributed by atoms with van der Waals surface area (Å²) in [6.45, 7) is 5.85. The van der Waals surface area contributed by atoms with E-state index in [2.05, 4.69) is 29.8 Å². The first kappa shape index (κ1) is 20.8. The van der Waals surface area contributed by atoms with Crippen molar-refractivity contribution >= 4 is 37.5 Å². The second-order valence-corrected chi connectivity index (χ2v) is 10.3. The molecule has 0 aromatic heterocycles. The Balaban J connectivity index is 1.94. The maximum Gasteiger partial charge on any atom is 0.244 e. The average Bonchev–Trinajstić information content (AvgIpc) is 3.40. The van der Waals surface area contributed by atoms with E-state index in [9.17, 15) is 13.2 Å². The van der Waals surface area contributed by atoms with Gasteiger partial charge in [0, 0.05) is 35.7 Å². The lowest BCUT2D eigenvalue weighted by Crippen LogP contribution is -2.34.